The molecule has 1 aromatic rings. The van der Waals surface area contributed by atoms with E-state index in [1.54, 1.807) is 0 Å². The van der Waals surface area contributed by atoms with Crippen LogP contribution >= 0.6 is 0 Å². The highest BCUT2D eigenvalue weighted by Gasteiger charge is 2.44. The van der Waals surface area contributed by atoms with Gasteiger partial charge in [0.25, 0.3) is 0 Å². The molecule has 2 rings (SSSR count). The molecule has 1 atom stereocenters. The number of nitriles is 1. The number of benzene rings is 1. The van der Waals surface area contributed by atoms with E-state index in [-0.39, 0.29) is 30.0 Å². The van der Waals surface area contributed by atoms with Gasteiger partial charge in [-0.05, 0) is 31.5 Å². The average Bonchev–Trinajstić information content (AvgIpc) is 2.84. The second-order valence-electron chi connectivity index (χ2n) is 5.09. The maximum absolute atomic E-state index is 12.4. The van der Waals surface area contributed by atoms with E-state index in [0.29, 0.717) is 0 Å². The molecule has 6 nitrogen and oxygen atoms in total. The number of carboxylic acids is 1. The Kier molecular flexibility index (Phi) is 3.54. The van der Waals surface area contributed by atoms with Crippen molar-refractivity contribution < 1.29 is 18.3 Å². The van der Waals surface area contributed by atoms with E-state index in [2.05, 4.69) is 0 Å². The van der Waals surface area contributed by atoms with Crippen LogP contribution in [0.5, 0.6) is 0 Å². The Morgan fingerprint density at radius 1 is 1.50 bits per heavy atom. The average molecular weight is 294 g/mol. The van der Waals surface area contributed by atoms with Crippen molar-refractivity contribution in [1.82, 2.24) is 4.31 Å². The van der Waals surface area contributed by atoms with Gasteiger partial charge in [0.15, 0.2) is 0 Å². The number of rotatable bonds is 3. The molecule has 0 spiro atoms. The number of carbonyl (C=O) groups is 1. The third-order valence-corrected chi connectivity index (χ3v) is 5.40. The van der Waals surface area contributed by atoms with Gasteiger partial charge in [-0.3, -0.25) is 4.79 Å². The van der Waals surface area contributed by atoms with E-state index in [9.17, 15) is 13.2 Å². The van der Waals surface area contributed by atoms with E-state index >= 15 is 0 Å². The van der Waals surface area contributed by atoms with Crippen molar-refractivity contribution in [3.05, 3.63) is 29.8 Å². The minimum absolute atomic E-state index is 0.0196. The number of hydrogen-bond donors (Lipinski definition) is 1. The van der Waals surface area contributed by atoms with Crippen LogP contribution in [-0.2, 0) is 14.8 Å². The molecule has 1 aliphatic heterocycles. The van der Waals surface area contributed by atoms with E-state index in [1.807, 2.05) is 6.07 Å². The highest BCUT2D eigenvalue weighted by Crippen LogP contribution is 2.33. The zero-order valence-corrected chi connectivity index (χ0v) is 11.7. The fourth-order valence-electron chi connectivity index (χ4n) is 2.17. The molecule has 1 aromatic carbocycles. The molecular formula is C13H14N2O4S. The third kappa shape index (κ3) is 2.40. The largest absolute Gasteiger partial charge is 0.481 e. The summed E-state index contributed by atoms with van der Waals surface area (Å²) in [7, 11) is -3.76. The topological polar surface area (TPSA) is 98.5 Å². The monoisotopic (exact) mass is 294 g/mol. The Balaban J connectivity index is 2.33. The van der Waals surface area contributed by atoms with E-state index in [0.717, 1.165) is 4.31 Å². The first-order chi connectivity index (χ1) is 9.29. The van der Waals surface area contributed by atoms with Gasteiger partial charge in [-0.15, -0.1) is 0 Å². The fraction of sp³-hybridized carbons (Fsp3) is 0.385. The first-order valence-corrected chi connectivity index (χ1v) is 7.47. The van der Waals surface area contributed by atoms with Crippen molar-refractivity contribution in [2.45, 2.75) is 18.2 Å². The molecule has 1 N–H and O–H groups in total. The number of sulfonamides is 1. The molecule has 0 aliphatic carbocycles. The molecule has 0 saturated carbocycles. The first-order valence-electron chi connectivity index (χ1n) is 6.03. The number of carboxylic acid groups (broad SMARTS) is 1. The summed E-state index contributed by atoms with van der Waals surface area (Å²) in [5.74, 6) is -0.999. The molecule has 0 radical (unpaired) electrons. The van der Waals surface area contributed by atoms with E-state index < -0.39 is 21.4 Å². The van der Waals surface area contributed by atoms with Gasteiger partial charge in [0, 0.05) is 13.1 Å². The predicted molar refractivity (Wildman–Crippen MR) is 70.3 cm³/mol. The molecule has 7 heteroatoms. The summed E-state index contributed by atoms with van der Waals surface area (Å²) < 4.78 is 26.0. The van der Waals surface area contributed by atoms with E-state index in [4.69, 9.17) is 10.4 Å². The Hall–Kier alpha value is -1.91. The third-order valence-electron chi connectivity index (χ3n) is 3.56. The van der Waals surface area contributed by atoms with Crippen molar-refractivity contribution in [3.63, 3.8) is 0 Å². The van der Waals surface area contributed by atoms with Crippen molar-refractivity contribution in [2.75, 3.05) is 13.1 Å². The standard InChI is InChI=1S/C13H14N2O4S/c1-13(12(16)17)5-6-15(9-13)20(18,19)11-4-2-3-10(7-11)8-14/h2-4,7H,5-6,9H2,1H3,(H,16,17). The summed E-state index contributed by atoms with van der Waals surface area (Å²) in [6, 6.07) is 7.61. The lowest BCUT2D eigenvalue weighted by Gasteiger charge is -2.20. The lowest BCUT2D eigenvalue weighted by molar-refractivity contribution is -0.146. The molecule has 1 saturated heterocycles. The smallest absolute Gasteiger partial charge is 0.310 e. The lowest BCUT2D eigenvalue weighted by Crippen LogP contribution is -2.34. The van der Waals surface area contributed by atoms with Gasteiger partial charge in [0.2, 0.25) is 10.0 Å². The molecule has 1 heterocycles. The van der Waals surface area contributed by atoms with E-state index in [1.165, 1.54) is 31.2 Å². The molecule has 0 bridgehead atoms. The van der Waals surface area contributed by atoms with Crippen LogP contribution in [0.4, 0.5) is 0 Å². The van der Waals surface area contributed by atoms with Crippen LogP contribution in [0.1, 0.15) is 18.9 Å². The van der Waals surface area contributed by atoms with Crippen LogP contribution in [-0.4, -0.2) is 36.9 Å². The molecular weight excluding hydrogens is 280 g/mol. The van der Waals surface area contributed by atoms with Crippen molar-refractivity contribution in [3.8, 4) is 6.07 Å². The van der Waals surface area contributed by atoms with Gasteiger partial charge in [0.05, 0.1) is 21.9 Å². The maximum Gasteiger partial charge on any atom is 0.310 e. The van der Waals surface area contributed by atoms with Gasteiger partial charge in [-0.1, -0.05) is 6.07 Å². The summed E-state index contributed by atoms with van der Waals surface area (Å²) in [6.07, 6.45) is 0.277. The minimum atomic E-state index is -3.76. The van der Waals surface area contributed by atoms with Crippen LogP contribution in [0.3, 0.4) is 0 Å². The minimum Gasteiger partial charge on any atom is -0.481 e. The van der Waals surface area contributed by atoms with Crippen molar-refractivity contribution >= 4 is 16.0 Å². The lowest BCUT2D eigenvalue weighted by atomic mass is 9.90. The zero-order chi connectivity index (χ0) is 15.0. The Labute approximate surface area is 117 Å². The van der Waals surface area contributed by atoms with Gasteiger partial charge in [-0.25, -0.2) is 8.42 Å². The normalized spacial score (nSPS) is 23.4. The predicted octanol–water partition coefficient (Wildman–Crippen LogP) is 1.04. The Morgan fingerprint density at radius 3 is 2.75 bits per heavy atom. The summed E-state index contributed by atoms with van der Waals surface area (Å²) in [6.45, 7) is 1.65. The maximum atomic E-state index is 12.4. The number of nitrogens with zero attached hydrogens (tertiary/aromatic N) is 2. The number of hydrogen-bond acceptors (Lipinski definition) is 4. The summed E-state index contributed by atoms with van der Waals surface area (Å²) in [5.41, 5.74) is -0.800. The molecule has 0 amide bonds. The molecule has 0 aromatic heterocycles. The van der Waals surface area contributed by atoms with Crippen LogP contribution in [0.25, 0.3) is 0 Å². The molecule has 1 fully saturated rings. The van der Waals surface area contributed by atoms with Gasteiger partial charge in [-0.2, -0.15) is 9.57 Å². The SMILES string of the molecule is CC1(C(=O)O)CCN(S(=O)(=O)c2cccc(C#N)c2)C1. The number of aliphatic carboxylic acids is 1. The van der Waals surface area contributed by atoms with Gasteiger partial charge < -0.3 is 5.11 Å². The summed E-state index contributed by atoms with van der Waals surface area (Å²) >= 11 is 0. The summed E-state index contributed by atoms with van der Waals surface area (Å²) in [5, 5.41) is 18.0. The fourth-order valence-corrected chi connectivity index (χ4v) is 3.78. The van der Waals surface area contributed by atoms with Crippen LogP contribution in [0.2, 0.25) is 0 Å². The van der Waals surface area contributed by atoms with Gasteiger partial charge >= 0.3 is 5.97 Å². The quantitative estimate of drug-likeness (QED) is 0.898. The molecule has 20 heavy (non-hydrogen) atoms. The Morgan fingerprint density at radius 2 is 2.20 bits per heavy atom. The van der Waals surface area contributed by atoms with Crippen LogP contribution in [0.15, 0.2) is 29.2 Å². The second kappa shape index (κ2) is 4.89. The molecule has 1 aliphatic rings. The van der Waals surface area contributed by atoms with Crippen molar-refractivity contribution in [1.29, 1.82) is 5.26 Å². The second-order valence-corrected chi connectivity index (χ2v) is 7.03. The zero-order valence-electron chi connectivity index (χ0n) is 10.9. The molecule has 106 valence electrons. The Bertz CT molecular complexity index is 693. The van der Waals surface area contributed by atoms with Crippen LogP contribution < -0.4 is 0 Å². The van der Waals surface area contributed by atoms with Crippen LogP contribution in [0, 0.1) is 16.7 Å². The van der Waals surface area contributed by atoms with Crippen molar-refractivity contribution in [2.24, 2.45) is 5.41 Å². The molecule has 1 unspecified atom stereocenters. The van der Waals surface area contributed by atoms with Gasteiger partial charge in [0.1, 0.15) is 0 Å². The first kappa shape index (κ1) is 14.5. The summed E-state index contributed by atoms with van der Waals surface area (Å²) in [4.78, 5) is 11.2. The highest BCUT2D eigenvalue weighted by atomic mass is 32.2. The highest BCUT2D eigenvalue weighted by molar-refractivity contribution is 7.89.